The molecule has 0 aliphatic rings. The third-order valence-corrected chi connectivity index (χ3v) is 3.55. The normalized spacial score (nSPS) is 13.9. The Kier molecular flexibility index (Phi) is 12.9. The Balaban J connectivity index is -0.000000411. The predicted molar refractivity (Wildman–Crippen MR) is 109 cm³/mol. The van der Waals surface area contributed by atoms with Crippen molar-refractivity contribution < 1.29 is 61.5 Å². The van der Waals surface area contributed by atoms with E-state index in [4.69, 9.17) is 0 Å². The summed E-state index contributed by atoms with van der Waals surface area (Å²) in [7, 11) is 0. The Hall–Kier alpha value is -0.203. The third kappa shape index (κ3) is 14.4. The zero-order valence-electron chi connectivity index (χ0n) is 19.4. The maximum absolute atomic E-state index is 11.5. The molecule has 0 bridgehead atoms. The maximum atomic E-state index is 11.5. The second-order valence-corrected chi connectivity index (χ2v) is 10.8. The van der Waals surface area contributed by atoms with Crippen molar-refractivity contribution in [1.82, 2.24) is 0 Å². The van der Waals surface area contributed by atoms with Crippen LogP contribution in [-0.4, -0.2) is 21.8 Å². The molecule has 0 rings (SSSR count). The number of allylic oxidation sites excluding steroid dienone is 4. The smallest absolute Gasteiger partial charge is 0.164 e. The molecule has 0 heterocycles. The zero-order valence-corrected chi connectivity index (χ0v) is 22.5. The van der Waals surface area contributed by atoms with E-state index in [0.29, 0.717) is 0 Å². The van der Waals surface area contributed by atoms with Gasteiger partial charge in [0.2, 0.25) is 0 Å². The van der Waals surface area contributed by atoms with E-state index in [1.54, 1.807) is 0 Å². The summed E-state index contributed by atoms with van der Waals surface area (Å²) in [5.74, 6) is 0.208. The van der Waals surface area contributed by atoms with Crippen LogP contribution in [0.15, 0.2) is 23.7 Å². The molecule has 0 unspecified atom stereocenters. The minimum atomic E-state index is -0.417. The van der Waals surface area contributed by atoms with Crippen LogP contribution in [0.25, 0.3) is 0 Å². The number of ketones is 2. The monoisotopic (exact) mass is 508 g/mol. The van der Waals surface area contributed by atoms with Gasteiger partial charge in [-0.15, -0.1) is 0 Å². The molecule has 2 N–H and O–H groups in total. The van der Waals surface area contributed by atoms with Gasteiger partial charge in [-0.1, -0.05) is 83.1 Å². The fourth-order valence-electron chi connectivity index (χ4n) is 1.11. The molecule has 4 nitrogen and oxygen atoms in total. The molecule has 0 aromatic rings. The molecule has 0 radical (unpaired) electrons. The van der Waals surface area contributed by atoms with Gasteiger partial charge in [0.1, 0.15) is 11.5 Å². The summed E-state index contributed by atoms with van der Waals surface area (Å²) in [6.45, 7) is 22.2. The third-order valence-electron chi connectivity index (χ3n) is 3.55. The first-order valence-corrected chi connectivity index (χ1v) is 9.01. The molecule has 5 heteroatoms. The van der Waals surface area contributed by atoms with Crippen molar-refractivity contribution >= 4 is 11.6 Å². The minimum Gasteiger partial charge on any atom is -0.512 e. The molecule has 0 atom stereocenters. The Bertz CT molecular complexity index is 505. The van der Waals surface area contributed by atoms with Gasteiger partial charge in [0.05, 0.1) is 0 Å². The molecule has 0 amide bonds. The first kappa shape index (κ1) is 31.5. The number of carbonyl (C=O) groups excluding carboxylic acids is 2. The van der Waals surface area contributed by atoms with E-state index in [-0.39, 0.29) is 75.7 Å². The fraction of sp³-hybridized carbons (Fsp3) is 0.727. The first-order valence-electron chi connectivity index (χ1n) is 9.01. The van der Waals surface area contributed by atoms with Gasteiger partial charge in [-0.05, 0) is 0 Å². The zero-order chi connectivity index (χ0) is 21.7. The van der Waals surface area contributed by atoms with Crippen LogP contribution in [0.2, 0.25) is 0 Å². The largest absolute Gasteiger partial charge is 0.512 e. The molecule has 0 aromatic carbocycles. The molecule has 0 aromatic heterocycles. The Labute approximate surface area is 200 Å². The number of aliphatic hydroxyl groups excluding tert-OH is 2. The molecule has 27 heavy (non-hydrogen) atoms. The predicted octanol–water partition coefficient (Wildman–Crippen LogP) is 6.18. The van der Waals surface area contributed by atoms with Crippen LogP contribution in [0.5, 0.6) is 0 Å². The molecule has 0 saturated heterocycles. The molecular weight excluding hydrogens is 468 g/mol. The average molecular weight is 509 g/mol. The van der Waals surface area contributed by atoms with Crippen LogP contribution in [-0.2, 0) is 9.59 Å². The van der Waals surface area contributed by atoms with Crippen molar-refractivity contribution in [3.8, 4) is 0 Å². The van der Waals surface area contributed by atoms with Crippen LogP contribution in [0.1, 0.15) is 83.1 Å². The van der Waals surface area contributed by atoms with Crippen molar-refractivity contribution in [1.29, 1.82) is 0 Å². The van der Waals surface area contributed by atoms with Crippen molar-refractivity contribution in [2.75, 3.05) is 0 Å². The van der Waals surface area contributed by atoms with Crippen LogP contribution >= 0.6 is 0 Å². The standard InChI is InChI=1S/2C11H20O2.Ce/c2*1-10(2,3)8(12)7-9(13)11(4,5)6;/h2*7,12H,1-6H3;/b2*8-7-;. The second kappa shape index (κ2) is 11.1. The number of rotatable bonds is 2. The summed E-state index contributed by atoms with van der Waals surface area (Å²) in [6.07, 6.45) is 2.67. The second-order valence-electron chi connectivity index (χ2n) is 10.8. The van der Waals surface area contributed by atoms with Crippen molar-refractivity contribution in [2.45, 2.75) is 83.1 Å². The fourth-order valence-corrected chi connectivity index (χ4v) is 1.11. The van der Waals surface area contributed by atoms with E-state index in [9.17, 15) is 19.8 Å². The maximum Gasteiger partial charge on any atom is 0.164 e. The van der Waals surface area contributed by atoms with E-state index in [1.807, 2.05) is 83.1 Å². The summed E-state index contributed by atoms with van der Waals surface area (Å²) in [5.41, 5.74) is -1.53. The molecule has 0 fully saturated rings. The van der Waals surface area contributed by atoms with Crippen LogP contribution in [0.4, 0.5) is 0 Å². The van der Waals surface area contributed by atoms with Gasteiger partial charge in [0.15, 0.2) is 11.6 Å². The summed E-state index contributed by atoms with van der Waals surface area (Å²) < 4.78 is 0. The molecule has 0 aliphatic heterocycles. The van der Waals surface area contributed by atoms with E-state index in [2.05, 4.69) is 0 Å². The SMILES string of the molecule is CC(C)(C)C(=O)/C=C(\O)C(C)(C)C.CC(C)(C)C(=O)/C=C(\O)C(C)(C)C.[Ce]. The van der Waals surface area contributed by atoms with E-state index in [1.165, 1.54) is 12.2 Å². The summed E-state index contributed by atoms with van der Waals surface area (Å²) in [6, 6.07) is 0. The number of hydrogen-bond donors (Lipinski definition) is 2. The average Bonchev–Trinajstić information content (AvgIpc) is 2.34. The topological polar surface area (TPSA) is 74.6 Å². The van der Waals surface area contributed by atoms with Crippen LogP contribution in [0.3, 0.4) is 0 Å². The summed E-state index contributed by atoms with van der Waals surface area (Å²) in [5, 5.41) is 19.1. The van der Waals surface area contributed by atoms with E-state index >= 15 is 0 Å². The van der Waals surface area contributed by atoms with Gasteiger partial charge in [-0.2, -0.15) is 0 Å². The molecule has 156 valence electrons. The Morgan fingerprint density at radius 1 is 0.519 bits per heavy atom. The van der Waals surface area contributed by atoms with E-state index in [0.717, 1.165) is 0 Å². The molecule has 0 saturated carbocycles. The molecular formula is C22H40CeO4. The van der Waals surface area contributed by atoms with Gasteiger partial charge in [0.25, 0.3) is 0 Å². The van der Waals surface area contributed by atoms with Crippen LogP contribution in [0, 0.1) is 63.4 Å². The van der Waals surface area contributed by atoms with Gasteiger partial charge < -0.3 is 10.2 Å². The van der Waals surface area contributed by atoms with Crippen molar-refractivity contribution in [3.05, 3.63) is 23.7 Å². The van der Waals surface area contributed by atoms with Crippen LogP contribution < -0.4 is 0 Å². The molecule has 0 aliphatic carbocycles. The quantitative estimate of drug-likeness (QED) is 0.345. The Morgan fingerprint density at radius 2 is 0.704 bits per heavy atom. The number of carbonyl (C=O) groups is 2. The van der Waals surface area contributed by atoms with Crippen molar-refractivity contribution in [3.63, 3.8) is 0 Å². The van der Waals surface area contributed by atoms with Gasteiger partial charge in [0, 0.05) is 75.6 Å². The molecule has 0 spiro atoms. The number of aliphatic hydroxyl groups is 2. The van der Waals surface area contributed by atoms with E-state index < -0.39 is 10.8 Å². The summed E-state index contributed by atoms with van der Waals surface area (Å²) in [4.78, 5) is 23.0. The van der Waals surface area contributed by atoms with Gasteiger partial charge in [-0.3, -0.25) is 9.59 Å². The Morgan fingerprint density at radius 3 is 0.815 bits per heavy atom. The first-order chi connectivity index (χ1) is 11.1. The minimum absolute atomic E-state index is 0. The van der Waals surface area contributed by atoms with Gasteiger partial charge in [-0.25, -0.2) is 0 Å². The van der Waals surface area contributed by atoms with Crippen molar-refractivity contribution in [2.24, 2.45) is 21.7 Å². The number of hydrogen-bond acceptors (Lipinski definition) is 4. The summed E-state index contributed by atoms with van der Waals surface area (Å²) >= 11 is 0. The van der Waals surface area contributed by atoms with Gasteiger partial charge >= 0.3 is 0 Å².